The maximum atomic E-state index is 2.45. The Morgan fingerprint density at radius 2 is 0.224 bits per heavy atom. The smallest absolute Gasteiger partial charge is 0.0733 e. The van der Waals surface area contributed by atoms with E-state index < -0.39 is 23.2 Å². The van der Waals surface area contributed by atoms with E-state index in [1.165, 1.54) is 231 Å². The van der Waals surface area contributed by atoms with Crippen LogP contribution in [0.4, 0.5) is 0 Å². The van der Waals surface area contributed by atoms with E-state index in [1.54, 1.807) is 116 Å². The third-order valence-electron chi connectivity index (χ3n) is 19.4. The van der Waals surface area contributed by atoms with Crippen LogP contribution in [0.5, 0.6) is 0 Å². The SMILES string of the molecule is CCCCCCCC[Si](CCCCCCCC)(CCCCCCCC)P([Si](CCCCCCCC)(CCCCCCCC)CCCCCCCC)[Si](CCCCCCCC)(CCCCCCCC)CCCCCCCC. The molecule has 0 saturated carbocycles. The predicted molar refractivity (Wildman–Crippen MR) is 368 cm³/mol. The third-order valence-corrected chi connectivity index (χ3v) is 74.0. The van der Waals surface area contributed by atoms with Gasteiger partial charge in [0.25, 0.3) is 0 Å². The van der Waals surface area contributed by atoms with Gasteiger partial charge in [-0.25, -0.2) is 0 Å². The van der Waals surface area contributed by atoms with Crippen LogP contribution in [0, 0.1) is 0 Å². The van der Waals surface area contributed by atoms with Crippen LogP contribution in [0.2, 0.25) is 54.4 Å². The summed E-state index contributed by atoms with van der Waals surface area (Å²) in [4.78, 5) is 0. The molecule has 0 saturated heterocycles. The first kappa shape index (κ1) is 77.1. The van der Waals surface area contributed by atoms with E-state index in [0.717, 1.165) is 0 Å². The molecule has 0 nitrogen and oxygen atoms in total. The summed E-state index contributed by atoms with van der Waals surface area (Å²) >= 11 is 0. The van der Waals surface area contributed by atoms with Gasteiger partial charge >= 0.3 is 0 Å². The van der Waals surface area contributed by atoms with Crippen molar-refractivity contribution in [3.8, 4) is 0 Å². The Morgan fingerprint density at radius 1 is 0.132 bits per heavy atom. The number of rotatable bonds is 66. The Hall–Kier alpha value is 1.08. The van der Waals surface area contributed by atoms with Crippen LogP contribution in [0.3, 0.4) is 0 Å². The average molecular weight is 1130 g/mol. The minimum Gasteiger partial charge on any atom is -0.138 e. The monoisotopic (exact) mass is 1130 g/mol. The van der Waals surface area contributed by atoms with Gasteiger partial charge in [0.05, 0.1) is 23.2 Å². The molecule has 0 unspecified atom stereocenters. The zero-order valence-electron chi connectivity index (χ0n) is 55.5. The molecule has 0 aromatic heterocycles. The van der Waals surface area contributed by atoms with E-state index in [0.29, 0.717) is 0 Å². The van der Waals surface area contributed by atoms with Crippen LogP contribution < -0.4 is 0 Å². The summed E-state index contributed by atoms with van der Waals surface area (Å²) in [6.07, 6.45) is 82.2. The molecular formula is C72H153PSi3. The lowest BCUT2D eigenvalue weighted by Gasteiger charge is -2.60. The molecule has 0 fully saturated rings. The summed E-state index contributed by atoms with van der Waals surface area (Å²) in [6, 6.07) is 16.3. The quantitative estimate of drug-likeness (QED) is 0.0323. The summed E-state index contributed by atoms with van der Waals surface area (Å²) in [7, 11) is -5.10. The molecule has 0 aromatic carbocycles. The highest BCUT2D eigenvalue weighted by Gasteiger charge is 2.59. The highest BCUT2D eigenvalue weighted by atomic mass is 31.8. The van der Waals surface area contributed by atoms with E-state index in [2.05, 4.69) is 62.3 Å². The number of hydrogen-bond donors (Lipinski definition) is 0. The molecule has 0 amide bonds. The second kappa shape index (κ2) is 59.2. The Balaban J connectivity index is 8.90. The fourth-order valence-corrected chi connectivity index (χ4v) is 94.8. The molecule has 76 heavy (non-hydrogen) atoms. The minimum atomic E-state index is -1.70. The summed E-state index contributed by atoms with van der Waals surface area (Å²) in [6.45, 7) is 22.2. The van der Waals surface area contributed by atoms with Gasteiger partial charge < -0.3 is 0 Å². The predicted octanol–water partition coefficient (Wildman–Crippen LogP) is 29.5. The average Bonchev–Trinajstić information content (AvgIpc) is 3.43. The second-order valence-electron chi connectivity index (χ2n) is 26.7. The topological polar surface area (TPSA) is 0 Å². The first-order valence-corrected chi connectivity index (χ1v) is 48.9. The van der Waals surface area contributed by atoms with Crippen molar-refractivity contribution in [2.45, 2.75) is 463 Å². The summed E-state index contributed by atoms with van der Waals surface area (Å²) < 4.78 is 0. The molecule has 0 spiro atoms. The van der Waals surface area contributed by atoms with Crippen molar-refractivity contribution in [3.05, 3.63) is 0 Å². The Kier molecular flexibility index (Phi) is 60.1. The summed E-state index contributed by atoms with van der Waals surface area (Å²) in [5.41, 5.74) is 0. The van der Waals surface area contributed by atoms with Crippen LogP contribution in [0.1, 0.15) is 409 Å². The van der Waals surface area contributed by atoms with Crippen LogP contribution >= 0.6 is 6.57 Å². The van der Waals surface area contributed by atoms with E-state index in [-0.39, 0.29) is 6.57 Å². The molecule has 0 radical (unpaired) electrons. The van der Waals surface area contributed by atoms with E-state index in [9.17, 15) is 0 Å². The molecule has 0 aliphatic rings. The maximum Gasteiger partial charge on any atom is 0.0733 e. The van der Waals surface area contributed by atoms with Crippen molar-refractivity contribution in [1.29, 1.82) is 0 Å². The molecular weight excluding hydrogens is 980 g/mol. The van der Waals surface area contributed by atoms with Crippen molar-refractivity contribution < 1.29 is 0 Å². The van der Waals surface area contributed by atoms with Crippen molar-refractivity contribution in [3.63, 3.8) is 0 Å². The van der Waals surface area contributed by atoms with Gasteiger partial charge in [0.15, 0.2) is 0 Å². The number of hydrogen-bond acceptors (Lipinski definition) is 0. The molecule has 0 atom stereocenters. The van der Waals surface area contributed by atoms with Gasteiger partial charge in [-0.05, 0) is 0 Å². The highest BCUT2D eigenvalue weighted by molar-refractivity contribution is 8.37. The lowest BCUT2D eigenvalue weighted by molar-refractivity contribution is 0.607. The minimum absolute atomic E-state index is 0.165. The lowest BCUT2D eigenvalue weighted by atomic mass is 10.1. The van der Waals surface area contributed by atoms with Crippen LogP contribution in [0.25, 0.3) is 0 Å². The zero-order valence-corrected chi connectivity index (χ0v) is 59.4. The largest absolute Gasteiger partial charge is 0.138 e. The van der Waals surface area contributed by atoms with Gasteiger partial charge in [-0.2, -0.15) is 0 Å². The molecule has 0 N–H and O–H groups in total. The van der Waals surface area contributed by atoms with Gasteiger partial charge in [0, 0.05) is 0 Å². The van der Waals surface area contributed by atoms with E-state index in [1.807, 2.05) is 54.4 Å². The first-order valence-electron chi connectivity index (χ1n) is 37.2. The molecule has 0 rings (SSSR count). The van der Waals surface area contributed by atoms with E-state index >= 15 is 0 Å². The normalized spacial score (nSPS) is 12.6. The summed E-state index contributed by atoms with van der Waals surface area (Å²) in [5.74, 6) is 0. The van der Waals surface area contributed by atoms with E-state index in [4.69, 9.17) is 0 Å². The van der Waals surface area contributed by atoms with Crippen molar-refractivity contribution in [1.82, 2.24) is 0 Å². The van der Waals surface area contributed by atoms with Crippen LogP contribution in [0.15, 0.2) is 0 Å². The fourth-order valence-electron chi connectivity index (χ4n) is 14.8. The van der Waals surface area contributed by atoms with Gasteiger partial charge in [0.1, 0.15) is 0 Å². The van der Waals surface area contributed by atoms with Crippen molar-refractivity contribution in [2.24, 2.45) is 0 Å². The molecule has 4 heteroatoms. The fraction of sp³-hybridized carbons (Fsp3) is 1.00. The Morgan fingerprint density at radius 3 is 0.329 bits per heavy atom. The standard InChI is InChI=1S/C72H153PSi3/c1-10-19-28-37-46-55-64-74(65-56-47-38-29-20-11-2,66-57-48-39-30-21-12-3)73(75(67-58-49-40-31-22-13-4,68-59-50-41-32-23-14-5)69-60-51-42-33-24-15-6)76(70-61-52-43-34-25-16-7,71-62-53-44-35-26-17-8)72-63-54-45-36-27-18-9/h10-72H2,1-9H3. The second-order valence-corrected chi connectivity index (χ2v) is 55.8. The zero-order chi connectivity index (χ0) is 55.6. The molecule has 458 valence electrons. The van der Waals surface area contributed by atoms with Gasteiger partial charge in [-0.15, -0.1) is 6.57 Å². The lowest BCUT2D eigenvalue weighted by Crippen LogP contribution is -2.55. The van der Waals surface area contributed by atoms with Gasteiger partial charge in [-0.3, -0.25) is 0 Å². The molecule has 0 bridgehead atoms. The maximum absolute atomic E-state index is 2.45. The van der Waals surface area contributed by atoms with Crippen LogP contribution in [-0.4, -0.2) is 23.2 Å². The molecule has 0 aromatic rings. The van der Waals surface area contributed by atoms with Crippen molar-refractivity contribution >= 4 is 29.8 Å². The molecule has 0 heterocycles. The Labute approximate surface area is 490 Å². The first-order chi connectivity index (χ1) is 37.4. The number of unbranched alkanes of at least 4 members (excludes halogenated alkanes) is 45. The van der Waals surface area contributed by atoms with Gasteiger partial charge in [0.2, 0.25) is 0 Å². The molecule has 0 aliphatic heterocycles. The molecule has 0 aliphatic carbocycles. The third kappa shape index (κ3) is 41.1. The highest BCUT2D eigenvalue weighted by Crippen LogP contribution is 2.74. The van der Waals surface area contributed by atoms with Gasteiger partial charge in [-0.1, -0.05) is 463 Å². The van der Waals surface area contributed by atoms with Crippen LogP contribution in [-0.2, 0) is 0 Å². The Bertz CT molecular complexity index is 838. The summed E-state index contributed by atoms with van der Waals surface area (Å²) in [5, 5.41) is 0. The van der Waals surface area contributed by atoms with Crippen molar-refractivity contribution in [2.75, 3.05) is 0 Å².